The first-order valence-electron chi connectivity index (χ1n) is 7.57. The van der Waals surface area contributed by atoms with E-state index in [-0.39, 0.29) is 0 Å². The van der Waals surface area contributed by atoms with Crippen molar-refractivity contribution in [3.8, 4) is 0 Å². The molecule has 0 bridgehead atoms. The lowest BCUT2D eigenvalue weighted by molar-refractivity contribution is 0.233. The maximum atomic E-state index is 3.78. The largest absolute Gasteiger partial charge is 0.313 e. The smallest absolute Gasteiger partial charge is 0.00780 e. The molecule has 0 radical (unpaired) electrons. The van der Waals surface area contributed by atoms with E-state index in [0.29, 0.717) is 5.41 Å². The van der Waals surface area contributed by atoms with Gasteiger partial charge in [-0.25, -0.2) is 0 Å². The minimum atomic E-state index is 0.413. The quantitative estimate of drug-likeness (QED) is 0.846. The second kappa shape index (κ2) is 5.05. The molecule has 2 saturated carbocycles. The van der Waals surface area contributed by atoms with Gasteiger partial charge < -0.3 is 5.32 Å². The maximum Gasteiger partial charge on any atom is 0.00780 e. The highest BCUT2D eigenvalue weighted by atomic mass is 15.0. The van der Waals surface area contributed by atoms with Crippen LogP contribution in [0.3, 0.4) is 0 Å². The van der Waals surface area contributed by atoms with Crippen LogP contribution < -0.4 is 5.32 Å². The predicted molar refractivity (Wildman–Crippen MR) is 76.8 cm³/mol. The van der Waals surface area contributed by atoms with Crippen molar-refractivity contribution in [2.24, 2.45) is 5.92 Å². The summed E-state index contributed by atoms with van der Waals surface area (Å²) in [4.78, 5) is 0. The van der Waals surface area contributed by atoms with Crippen molar-refractivity contribution in [1.82, 2.24) is 5.32 Å². The molecule has 0 spiro atoms. The highest BCUT2D eigenvalue weighted by molar-refractivity contribution is 5.27. The Labute approximate surface area is 111 Å². The summed E-state index contributed by atoms with van der Waals surface area (Å²) < 4.78 is 0. The van der Waals surface area contributed by atoms with E-state index >= 15 is 0 Å². The highest BCUT2D eigenvalue weighted by Gasteiger charge is 2.36. The van der Waals surface area contributed by atoms with Crippen LogP contribution in [0.25, 0.3) is 0 Å². The van der Waals surface area contributed by atoms with Crippen LogP contribution in [0.5, 0.6) is 0 Å². The van der Waals surface area contributed by atoms with Crippen LogP contribution in [-0.4, -0.2) is 12.6 Å². The number of hydrogen-bond acceptors (Lipinski definition) is 1. The van der Waals surface area contributed by atoms with Crippen molar-refractivity contribution >= 4 is 0 Å². The fraction of sp³-hybridized carbons (Fsp3) is 0.647. The third kappa shape index (κ3) is 2.61. The SMILES string of the molecule is CC1CCC(CNC2CC2)(c2ccccc2)CC1. The van der Waals surface area contributed by atoms with Gasteiger partial charge in [-0.1, -0.05) is 37.3 Å². The monoisotopic (exact) mass is 243 g/mol. The van der Waals surface area contributed by atoms with Gasteiger partial charge >= 0.3 is 0 Å². The van der Waals surface area contributed by atoms with Crippen molar-refractivity contribution in [3.05, 3.63) is 35.9 Å². The molecule has 1 aromatic carbocycles. The molecule has 2 aliphatic rings. The van der Waals surface area contributed by atoms with Crippen molar-refractivity contribution in [1.29, 1.82) is 0 Å². The molecule has 18 heavy (non-hydrogen) atoms. The van der Waals surface area contributed by atoms with Gasteiger partial charge in [-0.05, 0) is 50.0 Å². The number of nitrogens with one attached hydrogen (secondary N) is 1. The first-order valence-corrected chi connectivity index (χ1v) is 7.57. The van der Waals surface area contributed by atoms with E-state index in [1.54, 1.807) is 5.56 Å². The molecule has 2 fully saturated rings. The standard InChI is InChI=1S/C17H25N/c1-14-9-11-17(12-10-14,13-18-16-7-8-16)15-5-3-2-4-6-15/h2-6,14,16,18H,7-13H2,1H3. The Morgan fingerprint density at radius 2 is 1.72 bits per heavy atom. The Morgan fingerprint density at radius 1 is 1.06 bits per heavy atom. The van der Waals surface area contributed by atoms with Gasteiger partial charge in [0.25, 0.3) is 0 Å². The van der Waals surface area contributed by atoms with Gasteiger partial charge in [-0.15, -0.1) is 0 Å². The van der Waals surface area contributed by atoms with Crippen molar-refractivity contribution in [3.63, 3.8) is 0 Å². The Kier molecular flexibility index (Phi) is 3.43. The summed E-state index contributed by atoms with van der Waals surface area (Å²) in [5, 5.41) is 3.78. The molecule has 0 unspecified atom stereocenters. The summed E-state index contributed by atoms with van der Waals surface area (Å²) in [5.41, 5.74) is 1.97. The molecule has 0 saturated heterocycles. The van der Waals surface area contributed by atoms with Crippen molar-refractivity contribution < 1.29 is 0 Å². The average molecular weight is 243 g/mol. The first kappa shape index (κ1) is 12.2. The second-order valence-electron chi connectivity index (χ2n) is 6.48. The lowest BCUT2D eigenvalue weighted by atomic mass is 9.67. The molecule has 0 atom stereocenters. The summed E-state index contributed by atoms with van der Waals surface area (Å²) in [6.45, 7) is 3.59. The van der Waals surface area contributed by atoms with Gasteiger partial charge in [0, 0.05) is 18.0 Å². The molecular formula is C17H25N. The minimum absolute atomic E-state index is 0.413. The molecule has 1 N–H and O–H groups in total. The van der Waals surface area contributed by atoms with Crippen molar-refractivity contribution in [2.75, 3.05) is 6.54 Å². The Hall–Kier alpha value is -0.820. The fourth-order valence-electron chi connectivity index (χ4n) is 3.30. The van der Waals surface area contributed by atoms with Crippen LogP contribution in [0.1, 0.15) is 51.0 Å². The molecule has 0 heterocycles. The molecule has 0 aliphatic heterocycles. The first-order chi connectivity index (χ1) is 8.78. The van der Waals surface area contributed by atoms with Gasteiger partial charge in [0.15, 0.2) is 0 Å². The van der Waals surface area contributed by atoms with Crippen LogP contribution in [0, 0.1) is 5.92 Å². The Bertz CT molecular complexity index is 372. The molecule has 2 aliphatic carbocycles. The fourth-order valence-corrected chi connectivity index (χ4v) is 3.30. The van der Waals surface area contributed by atoms with E-state index in [9.17, 15) is 0 Å². The summed E-state index contributed by atoms with van der Waals surface area (Å²) in [5.74, 6) is 0.919. The molecule has 1 nitrogen and oxygen atoms in total. The predicted octanol–water partition coefficient (Wildman–Crippen LogP) is 3.89. The van der Waals surface area contributed by atoms with Crippen LogP contribution in [0.2, 0.25) is 0 Å². The minimum Gasteiger partial charge on any atom is -0.313 e. The molecule has 0 amide bonds. The lowest BCUT2D eigenvalue weighted by Gasteiger charge is -2.40. The molecule has 1 aromatic rings. The van der Waals surface area contributed by atoms with Crippen LogP contribution in [0.4, 0.5) is 0 Å². The topological polar surface area (TPSA) is 12.0 Å². The maximum absolute atomic E-state index is 3.78. The molecule has 0 aromatic heterocycles. The van der Waals surface area contributed by atoms with E-state index < -0.39 is 0 Å². The van der Waals surface area contributed by atoms with E-state index in [1.165, 1.54) is 45.1 Å². The summed E-state index contributed by atoms with van der Waals surface area (Å²) in [7, 11) is 0. The Morgan fingerprint density at radius 3 is 2.33 bits per heavy atom. The van der Waals surface area contributed by atoms with E-state index in [0.717, 1.165) is 12.0 Å². The molecule has 1 heteroatoms. The van der Waals surface area contributed by atoms with Crippen LogP contribution in [-0.2, 0) is 5.41 Å². The van der Waals surface area contributed by atoms with E-state index in [1.807, 2.05) is 0 Å². The van der Waals surface area contributed by atoms with Crippen LogP contribution >= 0.6 is 0 Å². The second-order valence-corrected chi connectivity index (χ2v) is 6.48. The summed E-state index contributed by atoms with van der Waals surface area (Å²) >= 11 is 0. The van der Waals surface area contributed by atoms with Gasteiger partial charge in [0.1, 0.15) is 0 Å². The zero-order chi connectivity index (χ0) is 12.4. The third-order valence-electron chi connectivity index (χ3n) is 4.92. The normalized spacial score (nSPS) is 32.4. The zero-order valence-electron chi connectivity index (χ0n) is 11.5. The average Bonchev–Trinajstić information content (AvgIpc) is 3.24. The summed E-state index contributed by atoms with van der Waals surface area (Å²) in [6, 6.07) is 12.0. The number of benzene rings is 1. The van der Waals surface area contributed by atoms with Gasteiger partial charge in [0.05, 0.1) is 0 Å². The molecular weight excluding hydrogens is 218 g/mol. The molecule has 3 rings (SSSR count). The number of hydrogen-bond donors (Lipinski definition) is 1. The van der Waals surface area contributed by atoms with E-state index in [2.05, 4.69) is 42.6 Å². The van der Waals surface area contributed by atoms with Gasteiger partial charge in [-0.3, -0.25) is 0 Å². The highest BCUT2D eigenvalue weighted by Crippen LogP contribution is 2.41. The third-order valence-corrected chi connectivity index (χ3v) is 4.92. The zero-order valence-corrected chi connectivity index (χ0v) is 11.5. The van der Waals surface area contributed by atoms with Crippen molar-refractivity contribution in [2.45, 2.75) is 56.9 Å². The Balaban J connectivity index is 1.77. The molecule has 98 valence electrons. The van der Waals surface area contributed by atoms with Gasteiger partial charge in [-0.2, -0.15) is 0 Å². The summed E-state index contributed by atoms with van der Waals surface area (Å²) in [6.07, 6.45) is 8.28. The van der Waals surface area contributed by atoms with E-state index in [4.69, 9.17) is 0 Å². The lowest BCUT2D eigenvalue weighted by Crippen LogP contribution is -2.41. The van der Waals surface area contributed by atoms with Gasteiger partial charge in [0.2, 0.25) is 0 Å². The number of rotatable bonds is 4. The van der Waals surface area contributed by atoms with Crippen LogP contribution in [0.15, 0.2) is 30.3 Å².